The summed E-state index contributed by atoms with van der Waals surface area (Å²) in [6.07, 6.45) is -11.0. The second-order valence-corrected chi connectivity index (χ2v) is 9.66. The molecule has 16 nitrogen and oxygen atoms in total. The highest BCUT2D eigenvalue weighted by Crippen LogP contribution is 2.33. The van der Waals surface area contributed by atoms with Gasteiger partial charge in [0.15, 0.2) is 11.9 Å². The summed E-state index contributed by atoms with van der Waals surface area (Å²) < 4.78 is 12.8. The van der Waals surface area contributed by atoms with E-state index in [4.69, 9.17) is 20.4 Å². The number of aryl methyl sites for hydroxylation is 2. The lowest BCUT2D eigenvalue weighted by molar-refractivity contribution is -0.262. The molecule has 7 unspecified atom stereocenters. The summed E-state index contributed by atoms with van der Waals surface area (Å²) >= 11 is 0. The van der Waals surface area contributed by atoms with E-state index in [9.17, 15) is 45.2 Å². The molecule has 0 saturated carbocycles. The van der Waals surface area contributed by atoms with Gasteiger partial charge in [-0.2, -0.15) is 4.39 Å². The average molecular weight is 593 g/mol. The fraction of sp³-hybridized carbons (Fsp3) is 0.667. The summed E-state index contributed by atoms with van der Waals surface area (Å²) in [6.45, 7) is -1.09. The van der Waals surface area contributed by atoms with E-state index in [1.165, 1.54) is 0 Å². The van der Waals surface area contributed by atoms with E-state index in [0.29, 0.717) is 12.1 Å². The molecule has 7 atom stereocenters. The van der Waals surface area contributed by atoms with Crippen LogP contribution < -0.4 is 0 Å². The van der Waals surface area contributed by atoms with Crippen LogP contribution in [0.3, 0.4) is 0 Å². The Hall–Kier alpha value is -2.39. The monoisotopic (exact) mass is 592 g/mol. The Morgan fingerprint density at radius 3 is 1.78 bits per heavy atom. The van der Waals surface area contributed by atoms with E-state index in [1.807, 2.05) is 0 Å². The van der Waals surface area contributed by atoms with Crippen molar-refractivity contribution >= 4 is 0 Å². The minimum Gasteiger partial charge on any atom is -0.394 e. The minimum atomic E-state index is -3.34. The molecule has 0 saturated heterocycles. The van der Waals surface area contributed by atoms with Crippen molar-refractivity contribution in [2.45, 2.75) is 93.1 Å². The second-order valence-electron chi connectivity index (χ2n) is 9.66. The first-order valence-corrected chi connectivity index (χ1v) is 12.7. The molecule has 0 bridgehead atoms. The van der Waals surface area contributed by atoms with E-state index >= 15 is 0 Å². The van der Waals surface area contributed by atoms with Gasteiger partial charge in [0.25, 0.3) is 0 Å². The highest BCUT2D eigenvalue weighted by atomic mass is 19.2. The molecule has 17 heteroatoms. The van der Waals surface area contributed by atoms with Crippen molar-refractivity contribution in [1.82, 2.24) is 19.9 Å². The van der Waals surface area contributed by atoms with E-state index in [1.54, 1.807) is 0 Å². The van der Waals surface area contributed by atoms with Crippen LogP contribution in [-0.2, 0) is 18.4 Å². The summed E-state index contributed by atoms with van der Waals surface area (Å²) in [4.78, 5) is 15.7. The van der Waals surface area contributed by atoms with Crippen molar-refractivity contribution in [3.05, 3.63) is 47.6 Å². The number of halogens is 1. The first-order valence-electron chi connectivity index (χ1n) is 12.7. The van der Waals surface area contributed by atoms with Crippen molar-refractivity contribution in [2.24, 2.45) is 0 Å². The van der Waals surface area contributed by atoms with Crippen LogP contribution in [-0.4, -0.2) is 131 Å². The first kappa shape index (κ1) is 34.8. The molecule has 0 aliphatic carbocycles. The van der Waals surface area contributed by atoms with E-state index in [-0.39, 0.29) is 37.1 Å². The molecule has 41 heavy (non-hydrogen) atoms. The lowest BCUT2D eigenvalue weighted by atomic mass is 9.79. The minimum absolute atomic E-state index is 0.0101. The number of aromatic nitrogens is 4. The van der Waals surface area contributed by atoms with Gasteiger partial charge in [0.1, 0.15) is 36.6 Å². The average Bonchev–Trinajstić information content (AvgIpc) is 2.94. The lowest BCUT2D eigenvalue weighted by Crippen LogP contribution is -2.61. The Balaban J connectivity index is 2.23. The molecule has 0 amide bonds. The Morgan fingerprint density at radius 2 is 1.29 bits per heavy atom. The summed E-state index contributed by atoms with van der Waals surface area (Å²) in [5.74, 6) is 0. The molecule has 0 aliphatic heterocycles. The number of aliphatic hydroxyl groups is 12. The zero-order valence-electron chi connectivity index (χ0n) is 21.8. The third-order valence-electron chi connectivity index (χ3n) is 6.42. The lowest BCUT2D eigenvalue weighted by Gasteiger charge is -2.41. The third-order valence-corrected chi connectivity index (χ3v) is 6.42. The molecule has 2 rings (SSSR count). The standard InChI is InChI=1S/C24H37FN4O12/c25-23(39,40)6-2-4-13-7-28-14(9-26-13)18(34)19(35)20(36)22(38)24(41,21(37)15(31)11-30)16-10-27-12(8-29-16)3-1-5-17(32)33/h7-10,15,17-22,30-41H,1-6,11H2. The summed E-state index contributed by atoms with van der Waals surface area (Å²) in [5, 5.41) is 119. The van der Waals surface area contributed by atoms with Crippen LogP contribution in [0.5, 0.6) is 0 Å². The van der Waals surface area contributed by atoms with Gasteiger partial charge in [-0.1, -0.05) is 0 Å². The molecule has 0 radical (unpaired) electrons. The Kier molecular flexibility index (Phi) is 12.9. The van der Waals surface area contributed by atoms with E-state index in [2.05, 4.69) is 19.9 Å². The molecule has 12 N–H and O–H groups in total. The number of rotatable bonds is 17. The normalized spacial score (nSPS) is 18.4. The maximum absolute atomic E-state index is 12.8. The van der Waals surface area contributed by atoms with Crippen molar-refractivity contribution < 1.29 is 65.7 Å². The molecule has 0 fully saturated rings. The van der Waals surface area contributed by atoms with Gasteiger partial charge >= 0.3 is 6.04 Å². The summed E-state index contributed by atoms with van der Waals surface area (Å²) in [7, 11) is 0. The van der Waals surface area contributed by atoms with Crippen LogP contribution in [0, 0.1) is 0 Å². The fourth-order valence-corrected chi connectivity index (χ4v) is 3.98. The predicted octanol–water partition coefficient (Wildman–Crippen LogP) is -4.45. The van der Waals surface area contributed by atoms with Gasteiger partial charge in [-0.3, -0.25) is 19.9 Å². The van der Waals surface area contributed by atoms with Gasteiger partial charge in [-0.05, 0) is 32.1 Å². The van der Waals surface area contributed by atoms with Crippen LogP contribution in [0.15, 0.2) is 24.8 Å². The largest absolute Gasteiger partial charge is 0.394 e. The molecular formula is C24H37FN4O12. The van der Waals surface area contributed by atoms with Gasteiger partial charge in [-0.15, -0.1) is 0 Å². The number of nitrogens with zero attached hydrogens (tertiary/aromatic N) is 4. The zero-order chi connectivity index (χ0) is 31.0. The second kappa shape index (κ2) is 15.2. The van der Waals surface area contributed by atoms with E-state index in [0.717, 1.165) is 24.8 Å². The third kappa shape index (κ3) is 9.57. The van der Waals surface area contributed by atoms with Gasteiger partial charge in [0.05, 0.1) is 41.8 Å². The van der Waals surface area contributed by atoms with Gasteiger partial charge in [0, 0.05) is 18.8 Å². The SMILES string of the molecule is OCC(O)C(O)C(O)(c1cnc(CCCC(O)O)cn1)C(O)C(O)C(O)C(O)c1cnc(CCCC(O)(O)F)cn1. The van der Waals surface area contributed by atoms with Gasteiger partial charge in [-0.25, -0.2) is 0 Å². The Morgan fingerprint density at radius 1 is 0.707 bits per heavy atom. The molecule has 0 aliphatic rings. The molecule has 0 aromatic carbocycles. The number of hydrogen-bond donors (Lipinski definition) is 12. The van der Waals surface area contributed by atoms with Gasteiger partial charge < -0.3 is 61.3 Å². The number of hydrogen-bond acceptors (Lipinski definition) is 16. The van der Waals surface area contributed by atoms with Crippen LogP contribution >= 0.6 is 0 Å². The maximum atomic E-state index is 12.8. The smallest absolute Gasteiger partial charge is 0.315 e. The molecule has 232 valence electrons. The van der Waals surface area contributed by atoms with Crippen molar-refractivity contribution in [1.29, 1.82) is 0 Å². The number of aliphatic hydroxyl groups excluding tert-OH is 8. The molecule has 2 heterocycles. The van der Waals surface area contributed by atoms with Crippen molar-refractivity contribution in [2.75, 3.05) is 6.61 Å². The maximum Gasteiger partial charge on any atom is 0.315 e. The predicted molar refractivity (Wildman–Crippen MR) is 132 cm³/mol. The molecule has 0 spiro atoms. The Bertz CT molecular complexity index is 1050. The van der Waals surface area contributed by atoms with E-state index < -0.39 is 73.3 Å². The summed E-state index contributed by atoms with van der Waals surface area (Å²) in [6, 6.07) is -3.34. The van der Waals surface area contributed by atoms with Gasteiger partial charge in [0.2, 0.25) is 0 Å². The van der Waals surface area contributed by atoms with Crippen LogP contribution in [0.1, 0.15) is 54.6 Å². The zero-order valence-corrected chi connectivity index (χ0v) is 21.8. The quantitative estimate of drug-likeness (QED) is 0.0771. The van der Waals surface area contributed by atoms with Crippen LogP contribution in [0.25, 0.3) is 0 Å². The Labute approximate surface area is 233 Å². The number of alkyl halides is 1. The van der Waals surface area contributed by atoms with Crippen molar-refractivity contribution in [3.8, 4) is 0 Å². The van der Waals surface area contributed by atoms with Crippen LogP contribution in [0.2, 0.25) is 0 Å². The molecule has 2 aromatic rings. The highest BCUT2D eigenvalue weighted by Gasteiger charge is 2.53. The topological polar surface area (TPSA) is 294 Å². The molecular weight excluding hydrogens is 555 g/mol. The molecule has 2 aromatic heterocycles. The van der Waals surface area contributed by atoms with Crippen molar-refractivity contribution in [3.63, 3.8) is 0 Å². The highest BCUT2D eigenvalue weighted by molar-refractivity contribution is 5.19. The van der Waals surface area contributed by atoms with Crippen LogP contribution in [0.4, 0.5) is 4.39 Å². The fourth-order valence-electron chi connectivity index (χ4n) is 3.98. The summed E-state index contributed by atoms with van der Waals surface area (Å²) in [5.41, 5.74) is -3.34. The first-order chi connectivity index (χ1) is 19.1.